The Morgan fingerprint density at radius 1 is 0.925 bits per heavy atom. The molecule has 2 aromatic rings. The van der Waals surface area contributed by atoms with Crippen molar-refractivity contribution in [2.45, 2.75) is 89.8 Å². The summed E-state index contributed by atoms with van der Waals surface area (Å²) in [6, 6.07) is 15.0. The summed E-state index contributed by atoms with van der Waals surface area (Å²) in [7, 11) is 1.68. The van der Waals surface area contributed by atoms with E-state index in [0.29, 0.717) is 37.5 Å². The van der Waals surface area contributed by atoms with E-state index in [1.807, 2.05) is 11.0 Å². The second kappa shape index (κ2) is 12.1. The van der Waals surface area contributed by atoms with Crippen molar-refractivity contribution >= 4 is 11.8 Å². The number of aromatic nitrogens is 1. The monoisotopic (exact) mass is 545 g/mol. The molecule has 40 heavy (non-hydrogen) atoms. The first kappa shape index (κ1) is 27.6. The minimum Gasteiger partial charge on any atom is -0.383 e. The van der Waals surface area contributed by atoms with Crippen molar-refractivity contribution in [1.82, 2.24) is 14.4 Å². The third kappa shape index (κ3) is 5.88. The topological polar surface area (TPSA) is 54.8 Å². The smallest absolute Gasteiger partial charge is 0.242 e. The van der Waals surface area contributed by atoms with Gasteiger partial charge in [0.2, 0.25) is 11.8 Å². The number of amides is 2. The van der Waals surface area contributed by atoms with Gasteiger partial charge in [-0.3, -0.25) is 9.59 Å². The van der Waals surface area contributed by atoms with Gasteiger partial charge in [-0.25, -0.2) is 0 Å². The van der Waals surface area contributed by atoms with Gasteiger partial charge in [-0.05, 0) is 86.8 Å². The number of benzene rings is 1. The fraction of sp³-hybridized carbons (Fsp3) is 0.647. The van der Waals surface area contributed by atoms with Gasteiger partial charge in [-0.1, -0.05) is 49.6 Å². The molecule has 1 aromatic carbocycles. The van der Waals surface area contributed by atoms with Crippen molar-refractivity contribution < 1.29 is 14.3 Å². The Balaban J connectivity index is 1.21. The van der Waals surface area contributed by atoms with Gasteiger partial charge in [0.1, 0.15) is 0 Å². The maximum atomic E-state index is 14.3. The van der Waals surface area contributed by atoms with Crippen molar-refractivity contribution in [2.75, 3.05) is 26.8 Å². The van der Waals surface area contributed by atoms with Gasteiger partial charge in [0, 0.05) is 38.1 Å². The third-order valence-electron chi connectivity index (χ3n) is 10.5. The molecule has 2 amide bonds. The maximum Gasteiger partial charge on any atom is 0.242 e. The van der Waals surface area contributed by atoms with Gasteiger partial charge >= 0.3 is 0 Å². The summed E-state index contributed by atoms with van der Waals surface area (Å²) in [5.41, 5.74) is 2.16. The molecular weight excluding hydrogens is 498 g/mol. The highest BCUT2D eigenvalue weighted by Gasteiger charge is 2.55. The molecular formula is C34H47N3O3. The van der Waals surface area contributed by atoms with Crippen LogP contribution in [0.1, 0.15) is 81.9 Å². The van der Waals surface area contributed by atoms with Gasteiger partial charge in [-0.15, -0.1) is 0 Å². The Kier molecular flexibility index (Phi) is 8.34. The summed E-state index contributed by atoms with van der Waals surface area (Å²) >= 11 is 0. The van der Waals surface area contributed by atoms with E-state index in [0.717, 1.165) is 44.3 Å². The molecule has 0 saturated heterocycles. The second-order valence-electron chi connectivity index (χ2n) is 13.3. The molecule has 1 aromatic heterocycles. The van der Waals surface area contributed by atoms with Crippen molar-refractivity contribution in [1.29, 1.82) is 0 Å². The first-order chi connectivity index (χ1) is 19.5. The van der Waals surface area contributed by atoms with E-state index in [1.165, 1.54) is 44.1 Å². The standard InChI is InChI=1S/C34H47N3O3/c1-40-16-15-36(33(39)34-20-27-17-28(21-34)19-29(18-27)22-34)25-32(38)37(30-11-6-3-7-12-30)24-31-13-8-14-35(31)23-26-9-4-2-5-10-26/h2,4-5,8-10,13-14,27-30H,3,6-7,11-12,15-25H2,1H3. The van der Waals surface area contributed by atoms with E-state index in [-0.39, 0.29) is 29.8 Å². The lowest BCUT2D eigenvalue weighted by atomic mass is 9.49. The molecule has 7 rings (SSSR count). The number of ether oxygens (including phenoxy) is 1. The van der Waals surface area contributed by atoms with Crippen LogP contribution in [0.25, 0.3) is 0 Å². The third-order valence-corrected chi connectivity index (χ3v) is 10.5. The maximum absolute atomic E-state index is 14.3. The van der Waals surface area contributed by atoms with E-state index in [2.05, 4.69) is 52.1 Å². The molecule has 0 atom stereocenters. The lowest BCUT2D eigenvalue weighted by Gasteiger charge is -2.56. The van der Waals surface area contributed by atoms with Crippen LogP contribution in [0.3, 0.4) is 0 Å². The highest BCUT2D eigenvalue weighted by atomic mass is 16.5. The highest BCUT2D eigenvalue weighted by Crippen LogP contribution is 2.60. The number of carbonyl (C=O) groups excluding carboxylic acids is 2. The average Bonchev–Trinajstić information content (AvgIpc) is 3.40. The largest absolute Gasteiger partial charge is 0.383 e. The predicted octanol–water partition coefficient (Wildman–Crippen LogP) is 5.89. The minimum absolute atomic E-state index is 0.0912. The van der Waals surface area contributed by atoms with E-state index in [9.17, 15) is 9.59 Å². The highest BCUT2D eigenvalue weighted by molar-refractivity contribution is 5.88. The quantitative estimate of drug-likeness (QED) is 0.354. The molecule has 5 saturated carbocycles. The molecule has 0 unspecified atom stereocenters. The van der Waals surface area contributed by atoms with E-state index < -0.39 is 0 Å². The second-order valence-corrected chi connectivity index (χ2v) is 13.3. The van der Waals surface area contributed by atoms with Crippen molar-refractivity contribution in [3.8, 4) is 0 Å². The van der Waals surface area contributed by atoms with Crippen LogP contribution in [-0.4, -0.2) is 59.0 Å². The first-order valence-corrected chi connectivity index (χ1v) is 15.8. The average molecular weight is 546 g/mol. The molecule has 0 aliphatic heterocycles. The van der Waals surface area contributed by atoms with Crippen molar-refractivity contribution in [3.05, 3.63) is 59.9 Å². The van der Waals surface area contributed by atoms with Crippen LogP contribution in [0, 0.1) is 23.2 Å². The fourth-order valence-electron chi connectivity index (χ4n) is 8.93. The van der Waals surface area contributed by atoms with Crippen LogP contribution < -0.4 is 0 Å². The zero-order valence-electron chi connectivity index (χ0n) is 24.3. The molecule has 6 nitrogen and oxygen atoms in total. The number of hydrogen-bond acceptors (Lipinski definition) is 3. The van der Waals surface area contributed by atoms with Crippen molar-refractivity contribution in [3.63, 3.8) is 0 Å². The fourth-order valence-corrected chi connectivity index (χ4v) is 8.93. The first-order valence-electron chi connectivity index (χ1n) is 15.8. The molecule has 5 fully saturated rings. The number of rotatable bonds is 11. The van der Waals surface area contributed by atoms with Crippen LogP contribution in [0.5, 0.6) is 0 Å². The summed E-state index contributed by atoms with van der Waals surface area (Å²) in [4.78, 5) is 32.5. The zero-order valence-corrected chi connectivity index (χ0v) is 24.3. The summed E-state index contributed by atoms with van der Waals surface area (Å²) in [5, 5.41) is 0. The number of carbonyl (C=O) groups is 2. The molecule has 216 valence electrons. The summed E-state index contributed by atoms with van der Waals surface area (Å²) in [6.45, 7) is 2.51. The minimum atomic E-state index is -0.247. The van der Waals surface area contributed by atoms with Crippen LogP contribution >= 0.6 is 0 Å². The Morgan fingerprint density at radius 3 is 2.25 bits per heavy atom. The summed E-state index contributed by atoms with van der Waals surface area (Å²) in [6.07, 6.45) is 14.8. The number of hydrogen-bond donors (Lipinski definition) is 0. The van der Waals surface area contributed by atoms with E-state index in [1.54, 1.807) is 7.11 Å². The van der Waals surface area contributed by atoms with Crippen LogP contribution in [0.4, 0.5) is 0 Å². The Labute approximate surface area is 240 Å². The van der Waals surface area contributed by atoms with Gasteiger partial charge in [0.25, 0.3) is 0 Å². The molecule has 5 aliphatic carbocycles. The predicted molar refractivity (Wildman–Crippen MR) is 156 cm³/mol. The SMILES string of the molecule is COCCN(CC(=O)N(Cc1cccn1Cc1ccccc1)C1CCCCC1)C(=O)C12CC3CC(CC(C3)C1)C2. The number of methoxy groups -OCH3 is 1. The van der Waals surface area contributed by atoms with Gasteiger partial charge in [0.05, 0.1) is 25.1 Å². The molecule has 1 heterocycles. The Hall–Kier alpha value is -2.60. The lowest BCUT2D eigenvalue weighted by molar-refractivity contribution is -0.161. The Morgan fingerprint density at radius 2 is 1.60 bits per heavy atom. The molecule has 0 spiro atoms. The molecule has 0 N–H and O–H groups in total. The van der Waals surface area contributed by atoms with Crippen LogP contribution in [-0.2, 0) is 27.4 Å². The number of nitrogens with zero attached hydrogens (tertiary/aromatic N) is 3. The molecule has 5 aliphatic rings. The van der Waals surface area contributed by atoms with Crippen LogP contribution in [0.15, 0.2) is 48.7 Å². The van der Waals surface area contributed by atoms with Gasteiger partial charge in [-0.2, -0.15) is 0 Å². The Bertz CT molecular complexity index is 1120. The zero-order chi connectivity index (χ0) is 27.5. The lowest BCUT2D eigenvalue weighted by Crippen LogP contribution is -2.57. The molecule has 0 radical (unpaired) electrons. The van der Waals surface area contributed by atoms with Crippen LogP contribution in [0.2, 0.25) is 0 Å². The van der Waals surface area contributed by atoms with Gasteiger partial charge in [0.15, 0.2) is 0 Å². The van der Waals surface area contributed by atoms with E-state index >= 15 is 0 Å². The summed E-state index contributed by atoms with van der Waals surface area (Å²) < 4.78 is 7.70. The van der Waals surface area contributed by atoms with Crippen molar-refractivity contribution in [2.24, 2.45) is 23.2 Å². The molecule has 4 bridgehead atoms. The normalized spacial score (nSPS) is 27.6. The molecule has 6 heteroatoms. The van der Waals surface area contributed by atoms with E-state index in [4.69, 9.17) is 4.74 Å². The van der Waals surface area contributed by atoms with Gasteiger partial charge < -0.3 is 19.1 Å². The summed E-state index contributed by atoms with van der Waals surface area (Å²) in [5.74, 6) is 2.42.